The number of hydrogen-bond acceptors (Lipinski definition) is 2. The van der Waals surface area contributed by atoms with E-state index in [0.717, 1.165) is 32.5 Å². The fourth-order valence-corrected chi connectivity index (χ4v) is 2.94. The van der Waals surface area contributed by atoms with E-state index < -0.39 is 0 Å². The number of nitrogens with zero attached hydrogens (tertiary/aromatic N) is 1. The Labute approximate surface area is 107 Å². The molecule has 2 aromatic rings. The summed E-state index contributed by atoms with van der Waals surface area (Å²) >= 11 is 0. The van der Waals surface area contributed by atoms with Gasteiger partial charge in [0, 0.05) is 42.7 Å². The molecule has 0 fully saturated rings. The van der Waals surface area contributed by atoms with Crippen LogP contribution in [-0.2, 0) is 12.8 Å². The van der Waals surface area contributed by atoms with Gasteiger partial charge in [-0.1, -0.05) is 12.1 Å². The molecule has 2 N–H and O–H groups in total. The zero-order valence-electron chi connectivity index (χ0n) is 10.9. The maximum atomic E-state index is 9.03. The van der Waals surface area contributed by atoms with Crippen LogP contribution in [0.4, 0.5) is 0 Å². The largest absolute Gasteiger partial charge is 0.395 e. The van der Waals surface area contributed by atoms with E-state index in [2.05, 4.69) is 35.0 Å². The van der Waals surface area contributed by atoms with Crippen molar-refractivity contribution in [3.8, 4) is 0 Å². The van der Waals surface area contributed by atoms with E-state index in [0.29, 0.717) is 0 Å². The third kappa shape index (κ3) is 2.04. The summed E-state index contributed by atoms with van der Waals surface area (Å²) in [7, 11) is 0. The minimum absolute atomic E-state index is 0.258. The molecule has 96 valence electrons. The lowest BCUT2D eigenvalue weighted by molar-refractivity contribution is 0.201. The average molecular weight is 244 g/mol. The highest BCUT2D eigenvalue weighted by Gasteiger charge is 2.17. The zero-order valence-corrected chi connectivity index (χ0v) is 10.9. The van der Waals surface area contributed by atoms with Gasteiger partial charge in [0.25, 0.3) is 0 Å². The van der Waals surface area contributed by atoms with Gasteiger partial charge in [-0.25, -0.2) is 0 Å². The van der Waals surface area contributed by atoms with Gasteiger partial charge in [-0.05, 0) is 30.5 Å². The Balaban J connectivity index is 1.94. The molecule has 1 aliphatic rings. The highest BCUT2D eigenvalue weighted by molar-refractivity contribution is 5.85. The fraction of sp³-hybridized carbons (Fsp3) is 0.467. The van der Waals surface area contributed by atoms with Gasteiger partial charge in [0.2, 0.25) is 0 Å². The van der Waals surface area contributed by atoms with E-state index in [1.165, 1.54) is 27.7 Å². The van der Waals surface area contributed by atoms with Crippen LogP contribution in [0.5, 0.6) is 0 Å². The monoisotopic (exact) mass is 244 g/mol. The van der Waals surface area contributed by atoms with E-state index in [-0.39, 0.29) is 6.61 Å². The van der Waals surface area contributed by atoms with Crippen LogP contribution in [0, 0.1) is 6.92 Å². The van der Waals surface area contributed by atoms with Gasteiger partial charge in [0.05, 0.1) is 6.61 Å². The number of rotatable bonds is 2. The summed E-state index contributed by atoms with van der Waals surface area (Å²) in [6.45, 7) is 5.28. The summed E-state index contributed by atoms with van der Waals surface area (Å²) in [6, 6.07) is 6.66. The topological polar surface area (TPSA) is 39.3 Å². The van der Waals surface area contributed by atoms with Gasteiger partial charge in [-0.3, -0.25) is 0 Å². The van der Waals surface area contributed by atoms with Crippen LogP contribution in [0.3, 0.4) is 0 Å². The molecule has 1 aliphatic heterocycles. The van der Waals surface area contributed by atoms with Gasteiger partial charge in [-0.15, -0.1) is 0 Å². The smallest absolute Gasteiger partial charge is 0.0558 e. The first-order chi connectivity index (χ1) is 8.78. The predicted molar refractivity (Wildman–Crippen MR) is 74.0 cm³/mol. The molecule has 18 heavy (non-hydrogen) atoms. The normalized spacial score (nSPS) is 16.8. The lowest BCUT2D eigenvalue weighted by Gasteiger charge is -2.17. The first-order valence-electron chi connectivity index (χ1n) is 6.71. The number of β-amino-alcohol motifs (C(OH)–C–C–N with tert-alkyl or cyclic N) is 1. The van der Waals surface area contributed by atoms with Crippen molar-refractivity contribution in [2.24, 2.45) is 0 Å². The van der Waals surface area contributed by atoms with Crippen molar-refractivity contribution in [3.05, 3.63) is 35.0 Å². The van der Waals surface area contributed by atoms with Gasteiger partial charge in [0.1, 0.15) is 0 Å². The molecule has 1 aromatic carbocycles. The maximum absolute atomic E-state index is 9.03. The number of fused-ring (bicyclic) bond motifs is 3. The molecule has 0 amide bonds. The van der Waals surface area contributed by atoms with Crippen LogP contribution in [-0.4, -0.2) is 41.2 Å². The van der Waals surface area contributed by atoms with Crippen LogP contribution in [0.2, 0.25) is 0 Å². The maximum Gasteiger partial charge on any atom is 0.0558 e. The second-order valence-electron chi connectivity index (χ2n) is 5.20. The number of hydrogen-bond donors (Lipinski definition) is 2. The highest BCUT2D eigenvalue weighted by Crippen LogP contribution is 2.26. The number of benzene rings is 1. The molecule has 3 heteroatoms. The summed E-state index contributed by atoms with van der Waals surface area (Å²) in [5, 5.41) is 10.4. The Morgan fingerprint density at radius 3 is 2.94 bits per heavy atom. The number of aliphatic hydroxyl groups excluding tert-OH is 1. The summed E-state index contributed by atoms with van der Waals surface area (Å²) in [4.78, 5) is 5.91. The van der Waals surface area contributed by atoms with E-state index in [4.69, 9.17) is 5.11 Å². The summed E-state index contributed by atoms with van der Waals surface area (Å²) < 4.78 is 0. The average Bonchev–Trinajstić information content (AvgIpc) is 2.57. The van der Waals surface area contributed by atoms with E-state index >= 15 is 0 Å². The SMILES string of the molecule is Cc1ccc2c3c([nH]c2c1)CCN(CCO)CC3. The predicted octanol–water partition coefficient (Wildman–Crippen LogP) is 1.87. The van der Waals surface area contributed by atoms with Crippen molar-refractivity contribution >= 4 is 10.9 Å². The first kappa shape index (κ1) is 11.8. The van der Waals surface area contributed by atoms with Crippen LogP contribution in [0.25, 0.3) is 10.9 Å². The Morgan fingerprint density at radius 2 is 2.11 bits per heavy atom. The van der Waals surface area contributed by atoms with E-state index in [1.54, 1.807) is 0 Å². The van der Waals surface area contributed by atoms with Crippen molar-refractivity contribution in [2.45, 2.75) is 19.8 Å². The van der Waals surface area contributed by atoms with Gasteiger partial charge >= 0.3 is 0 Å². The van der Waals surface area contributed by atoms with Crippen LogP contribution in [0.15, 0.2) is 18.2 Å². The molecule has 2 heterocycles. The quantitative estimate of drug-likeness (QED) is 0.846. The van der Waals surface area contributed by atoms with Crippen LogP contribution in [0.1, 0.15) is 16.8 Å². The summed E-state index contributed by atoms with van der Waals surface area (Å²) in [5.74, 6) is 0. The Bertz CT molecular complexity index is 559. The molecule has 0 unspecified atom stereocenters. The minimum Gasteiger partial charge on any atom is -0.395 e. The minimum atomic E-state index is 0.258. The fourth-order valence-electron chi connectivity index (χ4n) is 2.94. The third-order valence-corrected chi connectivity index (χ3v) is 3.92. The molecule has 0 bridgehead atoms. The van der Waals surface area contributed by atoms with Crippen LogP contribution >= 0.6 is 0 Å². The summed E-state index contributed by atoms with van der Waals surface area (Å²) in [5.41, 5.74) is 5.44. The lowest BCUT2D eigenvalue weighted by atomic mass is 10.1. The van der Waals surface area contributed by atoms with Crippen molar-refractivity contribution in [1.29, 1.82) is 0 Å². The Kier molecular flexibility index (Phi) is 3.10. The number of aromatic nitrogens is 1. The van der Waals surface area contributed by atoms with Crippen molar-refractivity contribution in [2.75, 3.05) is 26.2 Å². The molecule has 0 spiro atoms. The Morgan fingerprint density at radius 1 is 1.28 bits per heavy atom. The molecular weight excluding hydrogens is 224 g/mol. The van der Waals surface area contributed by atoms with Gasteiger partial charge in [-0.2, -0.15) is 0 Å². The molecule has 0 radical (unpaired) electrons. The molecule has 0 atom stereocenters. The molecule has 1 aromatic heterocycles. The number of aryl methyl sites for hydroxylation is 1. The number of aliphatic hydroxyl groups is 1. The van der Waals surface area contributed by atoms with Crippen molar-refractivity contribution < 1.29 is 5.11 Å². The van der Waals surface area contributed by atoms with Gasteiger partial charge < -0.3 is 15.0 Å². The first-order valence-corrected chi connectivity index (χ1v) is 6.71. The summed E-state index contributed by atoms with van der Waals surface area (Å²) in [6.07, 6.45) is 2.14. The Hall–Kier alpha value is -1.32. The molecule has 3 nitrogen and oxygen atoms in total. The number of H-pyrrole nitrogens is 1. The van der Waals surface area contributed by atoms with Crippen molar-refractivity contribution in [3.63, 3.8) is 0 Å². The molecule has 0 saturated heterocycles. The second kappa shape index (κ2) is 4.75. The molecule has 3 rings (SSSR count). The molecule has 0 aliphatic carbocycles. The number of nitrogens with one attached hydrogen (secondary N) is 1. The van der Waals surface area contributed by atoms with Crippen LogP contribution < -0.4 is 0 Å². The third-order valence-electron chi connectivity index (χ3n) is 3.92. The molecular formula is C15H20N2O. The number of aromatic amines is 1. The highest BCUT2D eigenvalue weighted by atomic mass is 16.3. The van der Waals surface area contributed by atoms with E-state index in [9.17, 15) is 0 Å². The van der Waals surface area contributed by atoms with Gasteiger partial charge in [0.15, 0.2) is 0 Å². The van der Waals surface area contributed by atoms with Crippen molar-refractivity contribution in [1.82, 2.24) is 9.88 Å². The van der Waals surface area contributed by atoms with E-state index in [1.807, 2.05) is 0 Å². The standard InChI is InChI=1S/C15H20N2O/c1-11-2-3-12-13-4-6-17(8-9-18)7-5-14(13)16-15(12)10-11/h2-3,10,16,18H,4-9H2,1H3. The zero-order chi connectivity index (χ0) is 12.5. The molecule has 0 saturated carbocycles. The lowest BCUT2D eigenvalue weighted by Crippen LogP contribution is -2.29. The second-order valence-corrected chi connectivity index (χ2v) is 5.20.